The summed E-state index contributed by atoms with van der Waals surface area (Å²) in [5.74, 6) is 4.23. The van der Waals surface area contributed by atoms with E-state index in [4.69, 9.17) is 0 Å². The van der Waals surface area contributed by atoms with E-state index in [1.165, 1.54) is 11.5 Å². The van der Waals surface area contributed by atoms with Gasteiger partial charge in [-0.15, -0.1) is 0 Å². The van der Waals surface area contributed by atoms with Crippen molar-refractivity contribution in [2.24, 2.45) is 0 Å². The third-order valence-corrected chi connectivity index (χ3v) is 4.23. The van der Waals surface area contributed by atoms with Crippen LogP contribution in [0.15, 0.2) is 10.7 Å². The van der Waals surface area contributed by atoms with Crippen molar-refractivity contribution in [2.75, 3.05) is 23.0 Å². The zero-order valence-electron chi connectivity index (χ0n) is 8.90. The molecule has 0 amide bonds. The lowest BCUT2D eigenvalue weighted by Crippen LogP contribution is -2.41. The molecular formula is C10H14BrN3S. The maximum atomic E-state index is 4.51. The van der Waals surface area contributed by atoms with Gasteiger partial charge in [0.2, 0.25) is 0 Å². The van der Waals surface area contributed by atoms with E-state index in [0.717, 1.165) is 22.7 Å². The first-order chi connectivity index (χ1) is 7.18. The fourth-order valence-electron chi connectivity index (χ4n) is 1.69. The average molecular weight is 288 g/mol. The molecule has 1 aromatic rings. The van der Waals surface area contributed by atoms with Crippen LogP contribution in [-0.2, 0) is 0 Å². The molecule has 82 valence electrons. The Morgan fingerprint density at radius 3 is 3.13 bits per heavy atom. The summed E-state index contributed by atoms with van der Waals surface area (Å²) in [6.45, 7) is 5.25. The first kappa shape index (κ1) is 11.2. The molecule has 0 N–H and O–H groups in total. The molecule has 0 spiro atoms. The summed E-state index contributed by atoms with van der Waals surface area (Å²) < 4.78 is 0.992. The molecule has 2 rings (SSSR count). The van der Waals surface area contributed by atoms with E-state index in [1.807, 2.05) is 24.9 Å². The minimum absolute atomic E-state index is 0.550. The maximum Gasteiger partial charge on any atom is 0.146 e. The number of thioether (sulfide) groups is 1. The predicted octanol–water partition coefficient (Wildman–Crippen LogP) is 2.49. The van der Waals surface area contributed by atoms with Crippen LogP contribution >= 0.6 is 27.7 Å². The summed E-state index contributed by atoms with van der Waals surface area (Å²) >= 11 is 5.53. The molecule has 1 aromatic heterocycles. The summed E-state index contributed by atoms with van der Waals surface area (Å²) in [5.41, 5.74) is 0. The molecule has 5 heteroatoms. The molecule has 1 atom stereocenters. The molecule has 1 aliphatic heterocycles. The minimum Gasteiger partial charge on any atom is -0.351 e. The van der Waals surface area contributed by atoms with Gasteiger partial charge >= 0.3 is 0 Å². The van der Waals surface area contributed by atoms with Gasteiger partial charge in [-0.1, -0.05) is 0 Å². The highest BCUT2D eigenvalue weighted by Gasteiger charge is 2.22. The van der Waals surface area contributed by atoms with Crippen LogP contribution in [0.25, 0.3) is 0 Å². The first-order valence-electron chi connectivity index (χ1n) is 5.02. The van der Waals surface area contributed by atoms with E-state index in [0.29, 0.717) is 6.04 Å². The average Bonchev–Trinajstić information content (AvgIpc) is 2.23. The Kier molecular flexibility index (Phi) is 3.51. The molecular weight excluding hydrogens is 274 g/mol. The Morgan fingerprint density at radius 1 is 1.60 bits per heavy atom. The zero-order chi connectivity index (χ0) is 10.8. The van der Waals surface area contributed by atoms with Crippen LogP contribution in [0.5, 0.6) is 0 Å². The zero-order valence-corrected chi connectivity index (χ0v) is 11.3. The highest BCUT2D eigenvalue weighted by atomic mass is 79.9. The highest BCUT2D eigenvalue weighted by Crippen LogP contribution is 2.28. The van der Waals surface area contributed by atoms with E-state index >= 15 is 0 Å². The molecule has 0 bridgehead atoms. The van der Waals surface area contributed by atoms with E-state index in [1.54, 1.807) is 0 Å². The Bertz CT molecular complexity index is 359. The highest BCUT2D eigenvalue weighted by molar-refractivity contribution is 9.10. The summed E-state index contributed by atoms with van der Waals surface area (Å²) in [5, 5.41) is 0. The van der Waals surface area contributed by atoms with Crippen LogP contribution in [0.1, 0.15) is 12.7 Å². The molecule has 3 nitrogen and oxygen atoms in total. The second-order valence-electron chi connectivity index (χ2n) is 3.71. The Morgan fingerprint density at radius 2 is 2.40 bits per heavy atom. The molecule has 1 unspecified atom stereocenters. The molecule has 0 aliphatic carbocycles. The van der Waals surface area contributed by atoms with Crippen LogP contribution in [0.2, 0.25) is 0 Å². The van der Waals surface area contributed by atoms with Crippen molar-refractivity contribution in [1.82, 2.24) is 9.97 Å². The van der Waals surface area contributed by atoms with Gasteiger partial charge in [0.05, 0.1) is 4.47 Å². The molecule has 0 saturated carbocycles. The van der Waals surface area contributed by atoms with Crippen molar-refractivity contribution in [1.29, 1.82) is 0 Å². The molecule has 0 radical (unpaired) electrons. The molecule has 0 aromatic carbocycles. The fraction of sp³-hybridized carbons (Fsp3) is 0.600. The van der Waals surface area contributed by atoms with Crippen LogP contribution in [-0.4, -0.2) is 34.1 Å². The lowest BCUT2D eigenvalue weighted by atomic mass is 10.3. The number of hydrogen-bond donors (Lipinski definition) is 0. The summed E-state index contributed by atoms with van der Waals surface area (Å²) in [7, 11) is 0. The molecule has 1 saturated heterocycles. The van der Waals surface area contributed by atoms with Gasteiger partial charge in [-0.2, -0.15) is 11.8 Å². The lowest BCUT2D eigenvalue weighted by molar-refractivity contribution is 0.684. The number of rotatable bonds is 1. The second kappa shape index (κ2) is 4.70. The van der Waals surface area contributed by atoms with Gasteiger partial charge in [0.15, 0.2) is 0 Å². The van der Waals surface area contributed by atoms with Crippen molar-refractivity contribution in [2.45, 2.75) is 19.9 Å². The van der Waals surface area contributed by atoms with Gasteiger partial charge in [-0.05, 0) is 29.8 Å². The first-order valence-corrected chi connectivity index (χ1v) is 6.97. The van der Waals surface area contributed by atoms with Crippen LogP contribution in [0.3, 0.4) is 0 Å². The number of halogens is 1. The monoisotopic (exact) mass is 287 g/mol. The number of nitrogens with zero attached hydrogens (tertiary/aromatic N) is 3. The van der Waals surface area contributed by atoms with Crippen LogP contribution in [0.4, 0.5) is 5.82 Å². The summed E-state index contributed by atoms with van der Waals surface area (Å²) in [6.07, 6.45) is 1.84. The third kappa shape index (κ3) is 2.45. The van der Waals surface area contributed by atoms with Crippen LogP contribution < -0.4 is 4.90 Å². The third-order valence-electron chi connectivity index (χ3n) is 2.49. The standard InChI is InChI=1S/C10H14BrN3S/c1-7-6-15-4-3-14(7)10-9(11)5-12-8(2)13-10/h5,7H,3-4,6H2,1-2H3. The number of anilines is 1. The van der Waals surface area contributed by atoms with Crippen molar-refractivity contribution < 1.29 is 0 Å². The van der Waals surface area contributed by atoms with E-state index in [-0.39, 0.29) is 0 Å². The predicted molar refractivity (Wildman–Crippen MR) is 68.6 cm³/mol. The number of hydrogen-bond acceptors (Lipinski definition) is 4. The quantitative estimate of drug-likeness (QED) is 0.794. The topological polar surface area (TPSA) is 29.0 Å². The van der Waals surface area contributed by atoms with Gasteiger partial charge in [0.1, 0.15) is 11.6 Å². The van der Waals surface area contributed by atoms with Gasteiger partial charge in [-0.25, -0.2) is 9.97 Å². The largest absolute Gasteiger partial charge is 0.351 e. The lowest BCUT2D eigenvalue weighted by Gasteiger charge is -2.34. The van der Waals surface area contributed by atoms with Gasteiger partial charge in [-0.3, -0.25) is 0 Å². The molecule has 15 heavy (non-hydrogen) atoms. The number of aryl methyl sites for hydroxylation is 1. The van der Waals surface area contributed by atoms with Gasteiger partial charge in [0, 0.05) is 30.3 Å². The Hall–Kier alpha value is -0.290. The molecule has 2 heterocycles. The van der Waals surface area contributed by atoms with Crippen molar-refractivity contribution in [3.8, 4) is 0 Å². The van der Waals surface area contributed by atoms with E-state index in [2.05, 4.69) is 37.7 Å². The summed E-state index contributed by atoms with van der Waals surface area (Å²) in [6, 6.07) is 0.550. The van der Waals surface area contributed by atoms with Crippen LogP contribution in [0, 0.1) is 6.92 Å². The Labute approximate surface area is 103 Å². The fourth-order valence-corrected chi connectivity index (χ4v) is 3.12. The smallest absolute Gasteiger partial charge is 0.146 e. The maximum absolute atomic E-state index is 4.51. The minimum atomic E-state index is 0.550. The summed E-state index contributed by atoms with van der Waals surface area (Å²) in [4.78, 5) is 11.0. The van der Waals surface area contributed by atoms with Gasteiger partial charge in [0.25, 0.3) is 0 Å². The van der Waals surface area contributed by atoms with E-state index < -0.39 is 0 Å². The number of aromatic nitrogens is 2. The second-order valence-corrected chi connectivity index (χ2v) is 5.71. The van der Waals surface area contributed by atoms with Crippen molar-refractivity contribution in [3.05, 3.63) is 16.5 Å². The van der Waals surface area contributed by atoms with Crippen molar-refractivity contribution in [3.63, 3.8) is 0 Å². The normalized spacial score (nSPS) is 21.8. The van der Waals surface area contributed by atoms with Gasteiger partial charge < -0.3 is 4.90 Å². The molecule has 1 aliphatic rings. The molecule has 1 fully saturated rings. The van der Waals surface area contributed by atoms with E-state index in [9.17, 15) is 0 Å². The van der Waals surface area contributed by atoms with Crippen molar-refractivity contribution >= 4 is 33.5 Å². The SMILES string of the molecule is Cc1ncc(Br)c(N2CCSCC2C)n1. The Balaban J connectivity index is 2.30.